The molecule has 2 aromatic rings. The number of hydrogen-bond donors (Lipinski definition) is 1. The van der Waals surface area contributed by atoms with Gasteiger partial charge in [0.15, 0.2) is 0 Å². The van der Waals surface area contributed by atoms with Gasteiger partial charge in [-0.2, -0.15) is 0 Å². The summed E-state index contributed by atoms with van der Waals surface area (Å²) >= 11 is 0. The van der Waals surface area contributed by atoms with E-state index in [9.17, 15) is 14.0 Å². The molecule has 32 heavy (non-hydrogen) atoms. The van der Waals surface area contributed by atoms with Crippen LogP contribution < -0.4 is 10.2 Å². The molecular formula is C24H31FN4O3. The second kappa shape index (κ2) is 11.6. The Balaban J connectivity index is 1.46. The molecular weight excluding hydrogens is 411 g/mol. The number of nitrogens with zero attached hydrogens (tertiary/aromatic N) is 3. The molecule has 8 heteroatoms. The topological polar surface area (TPSA) is 65.1 Å². The normalized spacial score (nSPS) is 13.8. The highest BCUT2D eigenvalue weighted by Gasteiger charge is 2.17. The van der Waals surface area contributed by atoms with Gasteiger partial charge in [0, 0.05) is 37.6 Å². The number of nitrogens with one attached hydrogen (secondary N) is 1. The zero-order valence-corrected chi connectivity index (χ0v) is 18.7. The van der Waals surface area contributed by atoms with Crippen molar-refractivity contribution in [1.29, 1.82) is 0 Å². The van der Waals surface area contributed by atoms with E-state index < -0.39 is 0 Å². The molecule has 1 aliphatic heterocycles. The average molecular weight is 443 g/mol. The molecule has 0 radical (unpaired) electrons. The lowest BCUT2D eigenvalue weighted by atomic mass is 10.2. The van der Waals surface area contributed by atoms with Crippen LogP contribution in [0.2, 0.25) is 0 Å². The van der Waals surface area contributed by atoms with Crippen LogP contribution in [-0.2, 0) is 20.9 Å². The first-order valence-corrected chi connectivity index (χ1v) is 10.9. The van der Waals surface area contributed by atoms with E-state index in [4.69, 9.17) is 4.74 Å². The molecule has 1 N–H and O–H groups in total. The molecule has 2 amide bonds. The van der Waals surface area contributed by atoms with Gasteiger partial charge in [-0.15, -0.1) is 0 Å². The molecule has 0 aliphatic carbocycles. The van der Waals surface area contributed by atoms with Crippen molar-refractivity contribution in [3.8, 4) is 0 Å². The SMILES string of the molecule is CCN(Cc1cccc(F)c1)C(=O)CN(C)CC(=O)Nc1ccc(N2CCOCC2)cc1. The maximum absolute atomic E-state index is 13.4. The van der Waals surface area contributed by atoms with E-state index >= 15 is 0 Å². The molecule has 2 aromatic carbocycles. The zero-order chi connectivity index (χ0) is 22.9. The standard InChI is InChI=1S/C24H31FN4O3/c1-3-28(16-19-5-4-6-20(25)15-19)24(31)18-27(2)17-23(30)26-21-7-9-22(10-8-21)29-11-13-32-14-12-29/h4-10,15H,3,11-14,16-18H2,1-2H3,(H,26,30). The van der Waals surface area contributed by atoms with Crippen molar-refractivity contribution in [2.45, 2.75) is 13.5 Å². The van der Waals surface area contributed by atoms with Crippen LogP contribution in [0.3, 0.4) is 0 Å². The van der Waals surface area contributed by atoms with Gasteiger partial charge in [0.05, 0.1) is 26.3 Å². The molecule has 0 saturated carbocycles. The predicted octanol–water partition coefficient (Wildman–Crippen LogP) is 2.58. The van der Waals surface area contributed by atoms with Gasteiger partial charge in [-0.25, -0.2) is 4.39 Å². The summed E-state index contributed by atoms with van der Waals surface area (Å²) in [5.74, 6) is -0.618. The van der Waals surface area contributed by atoms with E-state index in [-0.39, 0.29) is 30.7 Å². The zero-order valence-electron chi connectivity index (χ0n) is 18.7. The van der Waals surface area contributed by atoms with Crippen LogP contribution >= 0.6 is 0 Å². The summed E-state index contributed by atoms with van der Waals surface area (Å²) in [6.07, 6.45) is 0. The molecule has 1 saturated heterocycles. The number of likely N-dealkylation sites (N-methyl/N-ethyl adjacent to an activating group) is 2. The highest BCUT2D eigenvalue weighted by atomic mass is 19.1. The minimum absolute atomic E-state index is 0.0917. The number of carbonyl (C=O) groups is 2. The Bertz CT molecular complexity index is 900. The average Bonchev–Trinajstić information content (AvgIpc) is 2.78. The fourth-order valence-electron chi connectivity index (χ4n) is 3.64. The third-order valence-electron chi connectivity index (χ3n) is 5.34. The van der Waals surface area contributed by atoms with Crippen LogP contribution in [0.15, 0.2) is 48.5 Å². The second-order valence-corrected chi connectivity index (χ2v) is 7.90. The Morgan fingerprint density at radius 2 is 1.81 bits per heavy atom. The first-order chi connectivity index (χ1) is 15.4. The van der Waals surface area contributed by atoms with Crippen molar-refractivity contribution < 1.29 is 18.7 Å². The summed E-state index contributed by atoms with van der Waals surface area (Å²) in [5.41, 5.74) is 2.56. The van der Waals surface area contributed by atoms with Crippen molar-refractivity contribution in [3.63, 3.8) is 0 Å². The predicted molar refractivity (Wildman–Crippen MR) is 123 cm³/mol. The fraction of sp³-hybridized carbons (Fsp3) is 0.417. The van der Waals surface area contributed by atoms with Gasteiger partial charge in [-0.1, -0.05) is 12.1 Å². The third kappa shape index (κ3) is 7.03. The smallest absolute Gasteiger partial charge is 0.238 e. The van der Waals surface area contributed by atoms with E-state index in [1.54, 1.807) is 29.0 Å². The number of ether oxygens (including phenoxy) is 1. The Kier molecular flexibility index (Phi) is 8.58. The maximum atomic E-state index is 13.4. The molecule has 0 bridgehead atoms. The van der Waals surface area contributed by atoms with Crippen LogP contribution in [0.1, 0.15) is 12.5 Å². The number of rotatable bonds is 9. The number of amides is 2. The Morgan fingerprint density at radius 3 is 2.47 bits per heavy atom. The van der Waals surface area contributed by atoms with Crippen LogP contribution in [0.5, 0.6) is 0 Å². The molecule has 0 spiro atoms. The summed E-state index contributed by atoms with van der Waals surface area (Å²) in [5, 5.41) is 2.88. The molecule has 3 rings (SSSR count). The molecule has 1 fully saturated rings. The summed E-state index contributed by atoms with van der Waals surface area (Å²) in [6, 6.07) is 14.0. The number of halogens is 1. The van der Waals surface area contributed by atoms with Crippen LogP contribution in [0.4, 0.5) is 15.8 Å². The van der Waals surface area contributed by atoms with E-state index in [0.717, 1.165) is 37.6 Å². The van der Waals surface area contributed by atoms with E-state index in [2.05, 4.69) is 10.2 Å². The summed E-state index contributed by atoms with van der Waals surface area (Å²) in [6.45, 7) is 6.08. The summed E-state index contributed by atoms with van der Waals surface area (Å²) in [7, 11) is 1.73. The number of morpholine rings is 1. The van der Waals surface area contributed by atoms with Crippen molar-refractivity contribution >= 4 is 23.2 Å². The first kappa shape index (κ1) is 23.7. The van der Waals surface area contributed by atoms with Gasteiger partial charge in [0.25, 0.3) is 0 Å². The number of carbonyl (C=O) groups excluding carboxylic acids is 2. The Labute approximate surface area is 188 Å². The first-order valence-electron chi connectivity index (χ1n) is 10.9. The highest BCUT2D eigenvalue weighted by Crippen LogP contribution is 2.19. The number of benzene rings is 2. The maximum Gasteiger partial charge on any atom is 0.238 e. The monoisotopic (exact) mass is 442 g/mol. The van der Waals surface area contributed by atoms with Crippen LogP contribution in [-0.4, -0.2) is 74.6 Å². The Morgan fingerprint density at radius 1 is 1.09 bits per heavy atom. The van der Waals surface area contributed by atoms with E-state index in [1.807, 2.05) is 31.2 Å². The molecule has 172 valence electrons. The second-order valence-electron chi connectivity index (χ2n) is 7.90. The minimum Gasteiger partial charge on any atom is -0.378 e. The van der Waals surface area contributed by atoms with Crippen molar-refractivity contribution in [3.05, 3.63) is 59.9 Å². The van der Waals surface area contributed by atoms with Gasteiger partial charge in [0.1, 0.15) is 5.82 Å². The highest BCUT2D eigenvalue weighted by molar-refractivity contribution is 5.92. The fourth-order valence-corrected chi connectivity index (χ4v) is 3.64. The van der Waals surface area contributed by atoms with E-state index in [0.29, 0.717) is 18.8 Å². The van der Waals surface area contributed by atoms with E-state index in [1.165, 1.54) is 12.1 Å². The van der Waals surface area contributed by atoms with Crippen molar-refractivity contribution in [1.82, 2.24) is 9.80 Å². The third-order valence-corrected chi connectivity index (χ3v) is 5.34. The quantitative estimate of drug-likeness (QED) is 0.647. The molecule has 7 nitrogen and oxygen atoms in total. The lowest BCUT2D eigenvalue weighted by Crippen LogP contribution is -2.41. The molecule has 0 unspecified atom stereocenters. The summed E-state index contributed by atoms with van der Waals surface area (Å²) in [4.78, 5) is 30.6. The number of hydrogen-bond acceptors (Lipinski definition) is 5. The minimum atomic E-state index is -0.322. The summed E-state index contributed by atoms with van der Waals surface area (Å²) < 4.78 is 18.8. The largest absolute Gasteiger partial charge is 0.378 e. The van der Waals surface area contributed by atoms with Crippen molar-refractivity contribution in [2.75, 3.05) is 63.2 Å². The van der Waals surface area contributed by atoms with Gasteiger partial charge in [-0.3, -0.25) is 14.5 Å². The Hall–Kier alpha value is -2.97. The lowest BCUT2D eigenvalue weighted by molar-refractivity contribution is -0.132. The van der Waals surface area contributed by atoms with Crippen molar-refractivity contribution in [2.24, 2.45) is 0 Å². The lowest BCUT2D eigenvalue weighted by Gasteiger charge is -2.29. The molecule has 0 atom stereocenters. The van der Waals surface area contributed by atoms with Gasteiger partial charge >= 0.3 is 0 Å². The molecule has 1 aliphatic rings. The van der Waals surface area contributed by atoms with Gasteiger partial charge in [-0.05, 0) is 55.9 Å². The van der Waals surface area contributed by atoms with Crippen LogP contribution in [0.25, 0.3) is 0 Å². The van der Waals surface area contributed by atoms with Gasteiger partial charge < -0.3 is 19.9 Å². The van der Waals surface area contributed by atoms with Crippen LogP contribution in [0, 0.1) is 5.82 Å². The number of anilines is 2. The molecule has 0 aromatic heterocycles. The molecule has 1 heterocycles. The van der Waals surface area contributed by atoms with Gasteiger partial charge in [0.2, 0.25) is 11.8 Å².